The predicted molar refractivity (Wildman–Crippen MR) is 92.0 cm³/mol. The minimum Gasteiger partial charge on any atom is -0.502 e. The summed E-state index contributed by atoms with van der Waals surface area (Å²) in [5.41, 5.74) is 0. The lowest BCUT2D eigenvalue weighted by molar-refractivity contribution is -0.134. The number of rotatable bonds is 12. The Balaban J connectivity index is 2.16. The van der Waals surface area contributed by atoms with Crippen LogP contribution in [0.1, 0.15) is 89.6 Å². The van der Waals surface area contributed by atoms with E-state index in [9.17, 15) is 9.90 Å². The van der Waals surface area contributed by atoms with Gasteiger partial charge in [-0.25, -0.2) is 0 Å². The van der Waals surface area contributed by atoms with Gasteiger partial charge in [-0.3, -0.25) is 4.79 Å². The first-order chi connectivity index (χ1) is 11.1. The molecule has 0 aliphatic carbocycles. The number of carbonyl (C=O) groups excluding carboxylic acids is 1. The highest BCUT2D eigenvalue weighted by atomic mass is 16.6. The van der Waals surface area contributed by atoms with Gasteiger partial charge in [0.05, 0.1) is 0 Å². The van der Waals surface area contributed by atoms with Crippen LogP contribution in [0, 0.1) is 6.92 Å². The second-order valence-corrected chi connectivity index (χ2v) is 6.17. The molecule has 132 valence electrons. The molecule has 23 heavy (non-hydrogen) atoms. The quantitative estimate of drug-likeness (QED) is 0.397. The van der Waals surface area contributed by atoms with Crippen molar-refractivity contribution in [2.75, 3.05) is 0 Å². The molecular formula is C19H32O4. The van der Waals surface area contributed by atoms with Crippen LogP contribution in [0.2, 0.25) is 0 Å². The Kier molecular flexibility index (Phi) is 9.49. The molecule has 1 heterocycles. The Morgan fingerprint density at radius 3 is 2.13 bits per heavy atom. The van der Waals surface area contributed by atoms with Crippen molar-refractivity contribution in [1.82, 2.24) is 0 Å². The van der Waals surface area contributed by atoms with E-state index in [4.69, 9.17) is 9.15 Å². The lowest BCUT2D eigenvalue weighted by Gasteiger charge is -2.05. The molecule has 0 aliphatic rings. The molecule has 1 N–H and O–H groups in total. The molecule has 4 nitrogen and oxygen atoms in total. The lowest BCUT2D eigenvalue weighted by Crippen LogP contribution is -2.08. The fourth-order valence-electron chi connectivity index (χ4n) is 2.65. The van der Waals surface area contributed by atoms with Gasteiger partial charge in [0.25, 0.3) is 0 Å². The summed E-state index contributed by atoms with van der Waals surface area (Å²) < 4.78 is 10.6. The molecule has 0 fully saturated rings. The number of carbonyl (C=O) groups is 1. The van der Waals surface area contributed by atoms with Gasteiger partial charge in [-0.2, -0.15) is 0 Å². The Hall–Kier alpha value is -1.45. The average molecular weight is 324 g/mol. The van der Waals surface area contributed by atoms with Crippen LogP contribution in [-0.2, 0) is 11.2 Å². The molecule has 0 aromatic carbocycles. The number of hydrogen-bond acceptors (Lipinski definition) is 4. The first-order valence-corrected chi connectivity index (χ1v) is 9.12. The zero-order valence-electron chi connectivity index (χ0n) is 15.0. The minimum atomic E-state index is -0.293. The van der Waals surface area contributed by atoms with Gasteiger partial charge in [0, 0.05) is 12.8 Å². The summed E-state index contributed by atoms with van der Waals surface area (Å²) in [4.78, 5) is 11.9. The molecule has 0 atom stereocenters. The van der Waals surface area contributed by atoms with Crippen LogP contribution in [-0.4, -0.2) is 11.1 Å². The zero-order valence-corrected chi connectivity index (χ0v) is 15.0. The number of furan rings is 1. The summed E-state index contributed by atoms with van der Waals surface area (Å²) in [6.45, 7) is 5.79. The van der Waals surface area contributed by atoms with E-state index in [0.717, 1.165) is 12.8 Å². The van der Waals surface area contributed by atoms with E-state index < -0.39 is 0 Å². The Morgan fingerprint density at radius 2 is 1.57 bits per heavy atom. The zero-order chi connectivity index (χ0) is 17.1. The lowest BCUT2D eigenvalue weighted by atomic mass is 10.1. The number of aryl methyl sites for hydroxylation is 2. The molecule has 0 saturated heterocycles. The van der Waals surface area contributed by atoms with Crippen LogP contribution in [0.5, 0.6) is 11.5 Å². The van der Waals surface area contributed by atoms with Gasteiger partial charge in [-0.05, 0) is 13.3 Å². The molecule has 1 aromatic heterocycles. The number of esters is 1. The van der Waals surface area contributed by atoms with Crippen molar-refractivity contribution in [3.8, 4) is 11.5 Å². The maximum Gasteiger partial charge on any atom is 0.311 e. The van der Waals surface area contributed by atoms with Gasteiger partial charge in [0.15, 0.2) is 5.76 Å². The fraction of sp³-hybridized carbons (Fsp3) is 0.737. The summed E-state index contributed by atoms with van der Waals surface area (Å²) in [6.07, 6.45) is 11.9. The number of unbranched alkanes of at least 4 members (excludes halogenated alkanes) is 8. The van der Waals surface area contributed by atoms with E-state index in [1.165, 1.54) is 44.9 Å². The standard InChI is InChI=1S/C19H32O4/c1-4-6-7-8-9-10-11-12-13-14-17(20)23-19-16(5-2)22-15(3)18(19)21/h21H,4-14H2,1-3H3. The Labute approximate surface area is 140 Å². The molecule has 1 rings (SSSR count). The molecule has 0 amide bonds. The van der Waals surface area contributed by atoms with Gasteiger partial charge in [0.1, 0.15) is 5.76 Å². The second-order valence-electron chi connectivity index (χ2n) is 6.17. The van der Waals surface area contributed by atoms with E-state index >= 15 is 0 Å². The molecule has 0 bridgehead atoms. The van der Waals surface area contributed by atoms with Crippen molar-refractivity contribution in [3.05, 3.63) is 11.5 Å². The van der Waals surface area contributed by atoms with Crippen LogP contribution < -0.4 is 4.74 Å². The molecule has 0 spiro atoms. The van der Waals surface area contributed by atoms with Gasteiger partial charge in [-0.15, -0.1) is 0 Å². The third kappa shape index (κ3) is 7.10. The molecule has 0 saturated carbocycles. The van der Waals surface area contributed by atoms with Gasteiger partial charge in [0.2, 0.25) is 11.5 Å². The second kappa shape index (κ2) is 11.1. The van der Waals surface area contributed by atoms with Crippen LogP contribution in [0.25, 0.3) is 0 Å². The van der Waals surface area contributed by atoms with Crippen molar-refractivity contribution in [2.45, 2.75) is 91.4 Å². The molecule has 0 radical (unpaired) electrons. The summed E-state index contributed by atoms with van der Waals surface area (Å²) in [7, 11) is 0. The first kappa shape index (κ1) is 19.6. The van der Waals surface area contributed by atoms with E-state index in [-0.39, 0.29) is 17.5 Å². The van der Waals surface area contributed by atoms with Gasteiger partial charge >= 0.3 is 5.97 Å². The van der Waals surface area contributed by atoms with Crippen LogP contribution in [0.4, 0.5) is 0 Å². The number of aromatic hydroxyl groups is 1. The smallest absolute Gasteiger partial charge is 0.311 e. The maximum atomic E-state index is 11.9. The average Bonchev–Trinajstić information content (AvgIpc) is 2.81. The van der Waals surface area contributed by atoms with Crippen molar-refractivity contribution >= 4 is 5.97 Å². The minimum absolute atomic E-state index is 0.0534. The van der Waals surface area contributed by atoms with E-state index in [0.29, 0.717) is 24.4 Å². The maximum absolute atomic E-state index is 11.9. The largest absolute Gasteiger partial charge is 0.502 e. The van der Waals surface area contributed by atoms with E-state index in [1.807, 2.05) is 6.92 Å². The fourth-order valence-corrected chi connectivity index (χ4v) is 2.65. The highest BCUT2D eigenvalue weighted by Gasteiger charge is 2.20. The highest BCUT2D eigenvalue weighted by Crippen LogP contribution is 2.37. The van der Waals surface area contributed by atoms with Crippen molar-refractivity contribution in [3.63, 3.8) is 0 Å². The number of ether oxygens (including phenoxy) is 1. The first-order valence-electron chi connectivity index (χ1n) is 9.12. The highest BCUT2D eigenvalue weighted by molar-refractivity contribution is 5.73. The van der Waals surface area contributed by atoms with E-state index in [1.54, 1.807) is 6.92 Å². The van der Waals surface area contributed by atoms with Crippen molar-refractivity contribution < 1.29 is 19.1 Å². The monoisotopic (exact) mass is 324 g/mol. The van der Waals surface area contributed by atoms with Crippen molar-refractivity contribution in [1.29, 1.82) is 0 Å². The van der Waals surface area contributed by atoms with Crippen LogP contribution in [0.15, 0.2) is 4.42 Å². The van der Waals surface area contributed by atoms with Crippen LogP contribution in [0.3, 0.4) is 0 Å². The summed E-state index contributed by atoms with van der Waals surface area (Å²) in [5, 5.41) is 9.86. The van der Waals surface area contributed by atoms with E-state index in [2.05, 4.69) is 6.92 Å². The van der Waals surface area contributed by atoms with Crippen LogP contribution >= 0.6 is 0 Å². The molecule has 1 aromatic rings. The molecule has 0 unspecified atom stereocenters. The summed E-state index contributed by atoms with van der Waals surface area (Å²) >= 11 is 0. The third-order valence-corrected chi connectivity index (χ3v) is 4.10. The molecule has 4 heteroatoms. The molecular weight excluding hydrogens is 292 g/mol. The SMILES string of the molecule is CCCCCCCCCCCC(=O)Oc1c(CC)oc(C)c1O. The predicted octanol–water partition coefficient (Wildman–Crippen LogP) is 5.68. The molecule has 0 aliphatic heterocycles. The Bertz CT molecular complexity index is 462. The normalized spacial score (nSPS) is 10.9. The topological polar surface area (TPSA) is 59.7 Å². The van der Waals surface area contributed by atoms with Crippen molar-refractivity contribution in [2.24, 2.45) is 0 Å². The third-order valence-electron chi connectivity index (χ3n) is 4.10. The Morgan fingerprint density at radius 1 is 1.00 bits per heavy atom. The van der Waals surface area contributed by atoms with Gasteiger partial charge in [-0.1, -0.05) is 65.2 Å². The summed E-state index contributed by atoms with van der Waals surface area (Å²) in [6, 6.07) is 0. The number of hydrogen-bond donors (Lipinski definition) is 1. The van der Waals surface area contributed by atoms with Gasteiger partial charge < -0.3 is 14.3 Å². The summed E-state index contributed by atoms with van der Waals surface area (Å²) in [5.74, 6) is 0.778.